The minimum Gasteiger partial charge on any atom is -0.394 e. The third-order valence-corrected chi connectivity index (χ3v) is 8.01. The maximum Gasteiger partial charge on any atom is 0.180 e. The van der Waals surface area contributed by atoms with Gasteiger partial charge in [-0.2, -0.15) is 0 Å². The molecule has 3 saturated heterocycles. The van der Waals surface area contributed by atoms with Crippen LogP contribution in [0, 0.1) is 5.92 Å². The molecule has 1 aromatic rings. The first-order valence-electron chi connectivity index (χ1n) is 9.02. The van der Waals surface area contributed by atoms with E-state index in [-0.39, 0.29) is 31.0 Å². The van der Waals surface area contributed by atoms with Gasteiger partial charge in [-0.25, -0.2) is 8.42 Å². The number of methoxy groups -OCH3 is 1. The SMILES string of the molecule is COCC1(CO)C(=O)C2CCN1[C@H](c1ccc(S(=O)(=O)C(C)C)cc1)C2. The molecule has 1 aromatic carbocycles. The van der Waals surface area contributed by atoms with Crippen LogP contribution in [0.5, 0.6) is 0 Å². The van der Waals surface area contributed by atoms with Gasteiger partial charge in [-0.3, -0.25) is 9.69 Å². The number of carbonyl (C=O) groups excluding carboxylic acids is 1. The zero-order valence-corrected chi connectivity index (χ0v) is 16.3. The van der Waals surface area contributed by atoms with Crippen LogP contribution < -0.4 is 0 Å². The molecule has 0 aliphatic carbocycles. The van der Waals surface area contributed by atoms with Crippen molar-refractivity contribution in [3.8, 4) is 0 Å². The van der Waals surface area contributed by atoms with Crippen LogP contribution in [0.25, 0.3) is 0 Å². The van der Waals surface area contributed by atoms with Crippen molar-refractivity contribution in [2.75, 3.05) is 26.9 Å². The third kappa shape index (κ3) is 2.91. The lowest BCUT2D eigenvalue weighted by molar-refractivity contribution is -0.166. The Morgan fingerprint density at radius 1 is 1.31 bits per heavy atom. The fourth-order valence-corrected chi connectivity index (χ4v) is 5.37. The molecule has 1 N–H and O–H groups in total. The van der Waals surface area contributed by atoms with Crippen LogP contribution in [0.3, 0.4) is 0 Å². The largest absolute Gasteiger partial charge is 0.394 e. The van der Waals surface area contributed by atoms with Gasteiger partial charge in [-0.15, -0.1) is 0 Å². The van der Waals surface area contributed by atoms with Crippen molar-refractivity contribution in [1.82, 2.24) is 4.90 Å². The first kappa shape index (κ1) is 19.5. The minimum atomic E-state index is -3.31. The predicted molar refractivity (Wildman–Crippen MR) is 97.6 cm³/mol. The Morgan fingerprint density at radius 3 is 2.50 bits per heavy atom. The van der Waals surface area contributed by atoms with Gasteiger partial charge in [-0.05, 0) is 44.4 Å². The Kier molecular flexibility index (Phi) is 5.27. The summed E-state index contributed by atoms with van der Waals surface area (Å²) in [7, 11) is -1.77. The van der Waals surface area contributed by atoms with Crippen molar-refractivity contribution >= 4 is 15.6 Å². The third-order valence-electron chi connectivity index (χ3n) is 5.84. The maximum absolute atomic E-state index is 12.8. The van der Waals surface area contributed by atoms with Crippen LogP contribution in [0.4, 0.5) is 0 Å². The number of benzene rings is 1. The van der Waals surface area contributed by atoms with Crippen molar-refractivity contribution in [1.29, 1.82) is 0 Å². The zero-order valence-electron chi connectivity index (χ0n) is 15.5. The molecule has 3 unspecified atom stereocenters. The molecule has 4 atom stereocenters. The number of aliphatic hydroxyl groups excluding tert-OH is 1. The Balaban J connectivity index is 1.94. The first-order chi connectivity index (χ1) is 12.3. The second-order valence-corrected chi connectivity index (χ2v) is 10.1. The van der Waals surface area contributed by atoms with E-state index in [4.69, 9.17) is 4.74 Å². The number of piperidine rings is 3. The van der Waals surface area contributed by atoms with Gasteiger partial charge in [0.25, 0.3) is 0 Å². The summed E-state index contributed by atoms with van der Waals surface area (Å²) in [5.41, 5.74) is -0.0256. The van der Waals surface area contributed by atoms with E-state index in [1.807, 2.05) is 17.0 Å². The topological polar surface area (TPSA) is 83.9 Å². The molecular weight excluding hydrogens is 354 g/mol. The van der Waals surface area contributed by atoms with E-state index < -0.39 is 20.6 Å². The summed E-state index contributed by atoms with van der Waals surface area (Å²) in [5, 5.41) is 9.55. The lowest BCUT2D eigenvalue weighted by atomic mass is 9.69. The molecule has 3 heterocycles. The smallest absolute Gasteiger partial charge is 0.180 e. The summed E-state index contributed by atoms with van der Waals surface area (Å²) in [5.74, 6) is -0.0327. The van der Waals surface area contributed by atoms with E-state index in [1.165, 1.54) is 7.11 Å². The molecule has 0 saturated carbocycles. The fraction of sp³-hybridized carbons (Fsp3) is 0.632. The molecule has 2 bridgehead atoms. The average Bonchev–Trinajstić information content (AvgIpc) is 2.64. The summed E-state index contributed by atoms with van der Waals surface area (Å²) >= 11 is 0. The molecule has 0 amide bonds. The van der Waals surface area contributed by atoms with E-state index in [0.717, 1.165) is 18.5 Å². The number of fused-ring (bicyclic) bond motifs is 3. The highest BCUT2D eigenvalue weighted by Gasteiger charge is 2.56. The molecule has 7 heteroatoms. The molecule has 3 aliphatic heterocycles. The molecule has 0 spiro atoms. The number of nitrogens with zero attached hydrogens (tertiary/aromatic N) is 1. The number of hydrogen-bond acceptors (Lipinski definition) is 6. The van der Waals surface area contributed by atoms with Crippen molar-refractivity contribution < 1.29 is 23.1 Å². The molecule has 3 fully saturated rings. The number of hydrogen-bond donors (Lipinski definition) is 1. The van der Waals surface area contributed by atoms with Gasteiger partial charge >= 0.3 is 0 Å². The van der Waals surface area contributed by atoms with Gasteiger partial charge in [0.1, 0.15) is 5.54 Å². The summed E-state index contributed by atoms with van der Waals surface area (Å²) in [4.78, 5) is 15.2. The Bertz CT molecular complexity index is 774. The van der Waals surface area contributed by atoms with E-state index in [9.17, 15) is 18.3 Å². The van der Waals surface area contributed by atoms with Crippen molar-refractivity contribution in [2.45, 2.75) is 48.4 Å². The van der Waals surface area contributed by atoms with Crippen LogP contribution in [-0.2, 0) is 19.4 Å². The number of Topliss-reactive ketones (excluding diaryl/α,β-unsaturated/α-hetero) is 1. The first-order valence-corrected chi connectivity index (χ1v) is 10.6. The van der Waals surface area contributed by atoms with Crippen LogP contribution >= 0.6 is 0 Å². The quantitative estimate of drug-likeness (QED) is 0.805. The Hall–Kier alpha value is -1.28. The summed E-state index contributed by atoms with van der Waals surface area (Å²) in [6.07, 6.45) is 1.49. The molecule has 144 valence electrons. The van der Waals surface area contributed by atoms with E-state index in [1.54, 1.807) is 26.0 Å². The highest BCUT2D eigenvalue weighted by Crippen LogP contribution is 2.46. The van der Waals surface area contributed by atoms with Gasteiger partial charge in [-0.1, -0.05) is 12.1 Å². The summed E-state index contributed by atoms with van der Waals surface area (Å²) in [6.45, 7) is 3.95. The number of sulfone groups is 1. The lowest BCUT2D eigenvalue weighted by Crippen LogP contribution is -2.69. The van der Waals surface area contributed by atoms with Gasteiger partial charge < -0.3 is 9.84 Å². The number of rotatable bonds is 6. The van der Waals surface area contributed by atoms with E-state index >= 15 is 0 Å². The molecule has 0 radical (unpaired) electrons. The predicted octanol–water partition coefficient (Wildman–Crippen LogP) is 1.58. The van der Waals surface area contributed by atoms with Gasteiger partial charge in [0, 0.05) is 25.6 Å². The van der Waals surface area contributed by atoms with Gasteiger partial charge in [0.15, 0.2) is 15.6 Å². The van der Waals surface area contributed by atoms with Crippen LogP contribution in [0.1, 0.15) is 38.3 Å². The Labute approximate surface area is 155 Å². The fourth-order valence-electron chi connectivity index (χ4n) is 4.31. The van der Waals surface area contributed by atoms with Gasteiger partial charge in [0.2, 0.25) is 0 Å². The molecule has 4 rings (SSSR count). The second kappa shape index (κ2) is 7.03. The van der Waals surface area contributed by atoms with Gasteiger partial charge in [0.05, 0.1) is 23.4 Å². The van der Waals surface area contributed by atoms with Crippen molar-refractivity contribution in [2.24, 2.45) is 5.92 Å². The summed E-state index contributed by atoms with van der Waals surface area (Å²) < 4.78 is 29.9. The van der Waals surface area contributed by atoms with E-state index in [2.05, 4.69) is 0 Å². The molecule has 0 aromatic heterocycles. The molecular formula is C19H27NO5S. The molecule has 6 nitrogen and oxygen atoms in total. The highest BCUT2D eigenvalue weighted by atomic mass is 32.2. The minimum absolute atomic E-state index is 0.0236. The van der Waals surface area contributed by atoms with Crippen LogP contribution in [0.2, 0.25) is 0 Å². The summed E-state index contributed by atoms with van der Waals surface area (Å²) in [6, 6.07) is 6.93. The van der Waals surface area contributed by atoms with Crippen LogP contribution in [0.15, 0.2) is 29.2 Å². The standard InChI is InChI=1S/C19H27NO5S/c1-13(2)26(23,24)16-6-4-14(5-7-16)17-10-15-8-9-20(17)19(11-21,12-25-3)18(15)22/h4-7,13,15,17,21H,8-12H2,1-3H3/t15?,17-,19?/m0/s1. The number of ketones is 1. The number of aliphatic hydroxyl groups is 1. The normalized spacial score (nSPS) is 31.6. The Morgan fingerprint density at radius 2 is 1.96 bits per heavy atom. The van der Waals surface area contributed by atoms with Crippen LogP contribution in [-0.4, -0.2) is 61.9 Å². The second-order valence-electron chi connectivity index (χ2n) is 7.58. The van der Waals surface area contributed by atoms with E-state index in [0.29, 0.717) is 11.3 Å². The molecule has 3 aliphatic rings. The molecule has 26 heavy (non-hydrogen) atoms. The maximum atomic E-state index is 12.8. The average molecular weight is 381 g/mol. The lowest BCUT2D eigenvalue weighted by Gasteiger charge is -2.55. The number of carbonyl (C=O) groups is 1. The zero-order chi connectivity index (χ0) is 19.1. The van der Waals surface area contributed by atoms with Crippen molar-refractivity contribution in [3.05, 3.63) is 29.8 Å². The highest BCUT2D eigenvalue weighted by molar-refractivity contribution is 7.92. The van der Waals surface area contributed by atoms with Crippen molar-refractivity contribution in [3.63, 3.8) is 0 Å². The number of ether oxygens (including phenoxy) is 1. The monoisotopic (exact) mass is 381 g/mol.